The number of hydrogen-bond donors (Lipinski definition) is 0. The van der Waals surface area contributed by atoms with Gasteiger partial charge in [-0.1, -0.05) is 36.7 Å². The van der Waals surface area contributed by atoms with Crippen LogP contribution in [0.25, 0.3) is 16.6 Å². The molecule has 8 nitrogen and oxygen atoms in total. The number of fused-ring (bicyclic) bond motifs is 2. The molecule has 4 heterocycles. The lowest BCUT2D eigenvalue weighted by atomic mass is 10.2. The highest BCUT2D eigenvalue weighted by Crippen LogP contribution is 2.25. The molecular formula is C25H26ClN5O3S. The number of rotatable bonds is 7. The molecule has 0 bridgehead atoms. The Hall–Kier alpha value is -2.88. The van der Waals surface area contributed by atoms with E-state index in [0.29, 0.717) is 57.9 Å². The van der Waals surface area contributed by atoms with Crippen LogP contribution < -0.4 is 16.0 Å². The maximum atomic E-state index is 13.5. The molecule has 0 radical (unpaired) electrons. The number of halogens is 1. The van der Waals surface area contributed by atoms with Crippen LogP contribution in [-0.2, 0) is 17.0 Å². The van der Waals surface area contributed by atoms with E-state index in [-0.39, 0.29) is 11.1 Å². The van der Waals surface area contributed by atoms with Gasteiger partial charge >= 0.3 is 0 Å². The van der Waals surface area contributed by atoms with Gasteiger partial charge in [0.15, 0.2) is 5.16 Å². The van der Waals surface area contributed by atoms with E-state index in [1.165, 1.54) is 22.2 Å². The highest BCUT2D eigenvalue weighted by atomic mass is 35.5. The van der Waals surface area contributed by atoms with E-state index in [4.69, 9.17) is 21.3 Å². The summed E-state index contributed by atoms with van der Waals surface area (Å²) in [6, 6.07) is 10.8. The van der Waals surface area contributed by atoms with Crippen LogP contribution in [0.15, 0.2) is 57.3 Å². The van der Waals surface area contributed by atoms with Crippen LogP contribution in [0, 0.1) is 0 Å². The molecule has 0 aliphatic carbocycles. The summed E-state index contributed by atoms with van der Waals surface area (Å²) in [4.78, 5) is 37.7. The van der Waals surface area contributed by atoms with Crippen molar-refractivity contribution in [3.63, 3.8) is 0 Å². The average molecular weight is 512 g/mol. The third-order valence-corrected chi connectivity index (χ3v) is 7.27. The molecule has 1 saturated heterocycles. The van der Waals surface area contributed by atoms with Gasteiger partial charge in [0.2, 0.25) is 0 Å². The van der Waals surface area contributed by atoms with Gasteiger partial charge in [0.1, 0.15) is 5.65 Å². The average Bonchev–Trinajstić information content (AvgIpc) is 2.88. The summed E-state index contributed by atoms with van der Waals surface area (Å²) in [6.45, 7) is 5.68. The minimum Gasteiger partial charge on any atom is -0.378 e. The number of aromatic nitrogens is 4. The monoisotopic (exact) mass is 511 g/mol. The lowest BCUT2D eigenvalue weighted by Gasteiger charge is -2.29. The van der Waals surface area contributed by atoms with Gasteiger partial charge in [-0.2, -0.15) is 0 Å². The Balaban J connectivity index is 1.48. The first-order valence-corrected chi connectivity index (χ1v) is 13.1. The van der Waals surface area contributed by atoms with Crippen molar-refractivity contribution in [3.8, 4) is 0 Å². The number of benzene rings is 1. The molecule has 1 aliphatic rings. The molecule has 4 aromatic rings. The Morgan fingerprint density at radius 3 is 2.71 bits per heavy atom. The highest BCUT2D eigenvalue weighted by Gasteiger charge is 2.16. The van der Waals surface area contributed by atoms with Crippen molar-refractivity contribution in [2.45, 2.75) is 37.2 Å². The second-order valence-electron chi connectivity index (χ2n) is 8.46. The summed E-state index contributed by atoms with van der Waals surface area (Å²) in [7, 11) is 0. The van der Waals surface area contributed by atoms with Crippen molar-refractivity contribution in [3.05, 3.63) is 74.0 Å². The summed E-state index contributed by atoms with van der Waals surface area (Å²) in [6.07, 6.45) is 3.40. The predicted molar refractivity (Wildman–Crippen MR) is 140 cm³/mol. The van der Waals surface area contributed by atoms with Gasteiger partial charge in [0.05, 0.1) is 34.8 Å². The highest BCUT2D eigenvalue weighted by molar-refractivity contribution is 7.98. The smallest absolute Gasteiger partial charge is 0.262 e. The minimum absolute atomic E-state index is 0.0396. The SMILES string of the molecule is CCCCn1c(SCc2cc(=O)n3cc(Cl)ccc3n2)nc2ccc(N3CCOCC3)cc2c1=O. The Morgan fingerprint density at radius 1 is 1.09 bits per heavy atom. The molecule has 35 heavy (non-hydrogen) atoms. The molecule has 0 atom stereocenters. The van der Waals surface area contributed by atoms with Crippen LogP contribution in [0.2, 0.25) is 5.02 Å². The molecule has 0 unspecified atom stereocenters. The molecule has 10 heteroatoms. The topological polar surface area (TPSA) is 81.7 Å². The second-order valence-corrected chi connectivity index (χ2v) is 9.83. The summed E-state index contributed by atoms with van der Waals surface area (Å²) < 4.78 is 8.64. The number of pyridine rings is 1. The normalized spacial score (nSPS) is 14.2. The Morgan fingerprint density at radius 2 is 1.91 bits per heavy atom. The van der Waals surface area contributed by atoms with Crippen molar-refractivity contribution >= 4 is 45.6 Å². The first kappa shape index (κ1) is 23.8. The van der Waals surface area contributed by atoms with Crippen molar-refractivity contribution < 1.29 is 4.74 Å². The number of hydrogen-bond acceptors (Lipinski definition) is 7. The fourth-order valence-corrected chi connectivity index (χ4v) is 5.25. The van der Waals surface area contributed by atoms with Gasteiger partial charge in [-0.25, -0.2) is 9.97 Å². The molecular weight excluding hydrogens is 486 g/mol. The summed E-state index contributed by atoms with van der Waals surface area (Å²) in [5.41, 5.74) is 2.61. The molecule has 182 valence electrons. The van der Waals surface area contributed by atoms with Crippen LogP contribution in [-0.4, -0.2) is 45.2 Å². The van der Waals surface area contributed by atoms with Gasteiger partial charge < -0.3 is 9.64 Å². The van der Waals surface area contributed by atoms with Crippen LogP contribution in [0.1, 0.15) is 25.5 Å². The van der Waals surface area contributed by atoms with Crippen LogP contribution in [0.4, 0.5) is 5.69 Å². The lowest BCUT2D eigenvalue weighted by Crippen LogP contribution is -2.36. The van der Waals surface area contributed by atoms with Crippen molar-refractivity contribution in [2.75, 3.05) is 31.2 Å². The number of nitrogens with zero attached hydrogens (tertiary/aromatic N) is 5. The number of unbranched alkanes of at least 4 members (excludes halogenated alkanes) is 1. The molecule has 1 aromatic carbocycles. The Bertz CT molecular complexity index is 1500. The number of anilines is 1. The molecule has 3 aromatic heterocycles. The quantitative estimate of drug-likeness (QED) is 0.274. The largest absolute Gasteiger partial charge is 0.378 e. The summed E-state index contributed by atoms with van der Waals surface area (Å²) in [5, 5.41) is 1.72. The van der Waals surface area contributed by atoms with Gasteiger partial charge in [-0.3, -0.25) is 18.6 Å². The molecule has 0 saturated carbocycles. The zero-order chi connectivity index (χ0) is 24.4. The fraction of sp³-hybridized carbons (Fsp3) is 0.360. The van der Waals surface area contributed by atoms with E-state index in [0.717, 1.165) is 31.6 Å². The Kier molecular flexibility index (Phi) is 7.08. The van der Waals surface area contributed by atoms with E-state index in [1.54, 1.807) is 22.9 Å². The fourth-order valence-electron chi connectivity index (χ4n) is 4.17. The third-order valence-electron chi connectivity index (χ3n) is 6.04. The molecule has 1 aliphatic heterocycles. The van der Waals surface area contributed by atoms with Crippen LogP contribution in [0.5, 0.6) is 0 Å². The molecule has 1 fully saturated rings. The van der Waals surface area contributed by atoms with Crippen molar-refractivity contribution in [1.29, 1.82) is 0 Å². The third kappa shape index (κ3) is 5.07. The van der Waals surface area contributed by atoms with E-state index < -0.39 is 0 Å². The Labute approximate surface area is 211 Å². The van der Waals surface area contributed by atoms with Crippen molar-refractivity contribution in [2.24, 2.45) is 0 Å². The molecule has 5 rings (SSSR count). The van der Waals surface area contributed by atoms with Crippen LogP contribution in [0.3, 0.4) is 0 Å². The number of morpholine rings is 1. The number of ether oxygens (including phenoxy) is 1. The van der Waals surface area contributed by atoms with Gasteiger partial charge in [0.25, 0.3) is 11.1 Å². The first-order chi connectivity index (χ1) is 17.0. The summed E-state index contributed by atoms with van der Waals surface area (Å²) in [5.74, 6) is 0.421. The standard InChI is InChI=1S/C25H26ClN5O3S/c1-2-3-8-30-24(33)20-14-19(29-9-11-34-12-10-29)5-6-21(20)28-25(30)35-16-18-13-23(32)31-15-17(26)4-7-22(31)27-18/h4-7,13-15H,2-3,8-12,16H2,1H3. The maximum absolute atomic E-state index is 13.5. The summed E-state index contributed by atoms with van der Waals surface area (Å²) >= 11 is 7.43. The van der Waals surface area contributed by atoms with E-state index in [1.807, 2.05) is 18.2 Å². The van der Waals surface area contributed by atoms with Gasteiger partial charge in [0, 0.05) is 43.3 Å². The predicted octanol–water partition coefficient (Wildman–Crippen LogP) is 3.99. The lowest BCUT2D eigenvalue weighted by molar-refractivity contribution is 0.122. The second kappa shape index (κ2) is 10.4. The van der Waals surface area contributed by atoms with Crippen molar-refractivity contribution in [1.82, 2.24) is 18.9 Å². The van der Waals surface area contributed by atoms with Gasteiger partial charge in [-0.05, 0) is 36.8 Å². The van der Waals surface area contributed by atoms with Gasteiger partial charge in [-0.15, -0.1) is 0 Å². The minimum atomic E-state index is -0.196. The molecule has 0 N–H and O–H groups in total. The maximum Gasteiger partial charge on any atom is 0.262 e. The van der Waals surface area contributed by atoms with Crippen LogP contribution >= 0.6 is 23.4 Å². The molecule has 0 spiro atoms. The van der Waals surface area contributed by atoms with E-state index in [2.05, 4.69) is 16.8 Å². The number of thioether (sulfide) groups is 1. The van der Waals surface area contributed by atoms with E-state index >= 15 is 0 Å². The van der Waals surface area contributed by atoms with E-state index in [9.17, 15) is 9.59 Å². The zero-order valence-corrected chi connectivity index (χ0v) is 21.0. The molecule has 0 amide bonds. The first-order valence-electron chi connectivity index (χ1n) is 11.7. The zero-order valence-electron chi connectivity index (χ0n) is 19.4.